The Morgan fingerprint density at radius 3 is 2.45 bits per heavy atom. The molecule has 0 spiro atoms. The number of nitrogens with one attached hydrogen (secondary N) is 1. The number of pyridine rings is 2. The number of aromatic nitrogens is 2. The maximum atomic E-state index is 14.4. The molecule has 1 atom stereocenters. The molecule has 0 aliphatic carbocycles. The van der Waals surface area contributed by atoms with Crippen LogP contribution in [0.4, 0.5) is 31.1 Å². The number of benzene rings is 1. The van der Waals surface area contributed by atoms with Gasteiger partial charge in [0.25, 0.3) is 0 Å². The van der Waals surface area contributed by atoms with Crippen molar-refractivity contribution in [3.8, 4) is 11.4 Å². The van der Waals surface area contributed by atoms with Gasteiger partial charge in [0.05, 0.1) is 24.2 Å². The predicted molar refractivity (Wildman–Crippen MR) is 103 cm³/mol. The first-order chi connectivity index (χ1) is 15.4. The summed E-state index contributed by atoms with van der Waals surface area (Å²) in [5.74, 6) is -4.70. The maximum Gasteiger partial charge on any atom is 0.522 e. The highest BCUT2D eigenvalue weighted by atomic mass is 35.5. The second-order valence-corrected chi connectivity index (χ2v) is 6.99. The van der Waals surface area contributed by atoms with E-state index in [0.29, 0.717) is 22.9 Å². The molecule has 0 saturated carbocycles. The number of alkyl halides is 3. The van der Waals surface area contributed by atoms with Crippen molar-refractivity contribution < 1.29 is 40.6 Å². The van der Waals surface area contributed by atoms with Gasteiger partial charge < -0.3 is 10.1 Å². The molecule has 33 heavy (non-hydrogen) atoms. The third kappa shape index (κ3) is 5.73. The van der Waals surface area contributed by atoms with Crippen LogP contribution in [0, 0.1) is 17.5 Å². The molecule has 2 aromatic heterocycles. The minimum atomic E-state index is -4.93. The Morgan fingerprint density at radius 2 is 1.85 bits per heavy atom. The van der Waals surface area contributed by atoms with Gasteiger partial charge in [-0.3, -0.25) is 14.1 Å². The van der Waals surface area contributed by atoms with E-state index in [2.05, 4.69) is 9.72 Å². The molecule has 176 valence electrons. The number of rotatable bonds is 5. The first-order valence-corrected chi connectivity index (χ1v) is 9.29. The highest BCUT2D eigenvalue weighted by Gasteiger charge is 2.30. The van der Waals surface area contributed by atoms with E-state index in [1.165, 1.54) is 13.0 Å². The SMILES string of the molecule is C[C@@H](COC(F)(F)F)NC(=O)Oc1cn(-c2c(F)cc(F)cc2F)c2nc(Cl)ccc2c1=O. The number of hydrogen-bond donors (Lipinski definition) is 1. The van der Waals surface area contributed by atoms with Gasteiger partial charge in [-0.25, -0.2) is 22.9 Å². The zero-order valence-corrected chi connectivity index (χ0v) is 17.1. The van der Waals surface area contributed by atoms with Gasteiger partial charge in [-0.1, -0.05) is 11.6 Å². The van der Waals surface area contributed by atoms with Crippen LogP contribution in [-0.2, 0) is 4.74 Å². The monoisotopic (exact) mass is 495 g/mol. The van der Waals surface area contributed by atoms with Crippen molar-refractivity contribution >= 4 is 28.7 Å². The number of halogens is 7. The number of hydrogen-bond acceptors (Lipinski definition) is 5. The summed E-state index contributed by atoms with van der Waals surface area (Å²) < 4.78 is 87.6. The Bertz CT molecular complexity index is 1260. The number of fused-ring (bicyclic) bond motifs is 1. The van der Waals surface area contributed by atoms with Crippen molar-refractivity contribution in [1.82, 2.24) is 14.9 Å². The van der Waals surface area contributed by atoms with E-state index in [1.54, 1.807) is 0 Å². The summed E-state index contributed by atoms with van der Waals surface area (Å²) in [5, 5.41) is 1.58. The van der Waals surface area contributed by atoms with Gasteiger partial charge in [0.1, 0.15) is 16.7 Å². The summed E-state index contributed by atoms with van der Waals surface area (Å²) in [5.41, 5.74) is -2.13. The number of carbonyl (C=O) groups is 1. The van der Waals surface area contributed by atoms with E-state index < -0.39 is 59.4 Å². The summed E-state index contributed by atoms with van der Waals surface area (Å²) in [4.78, 5) is 28.6. The summed E-state index contributed by atoms with van der Waals surface area (Å²) >= 11 is 5.82. The Morgan fingerprint density at radius 1 is 1.21 bits per heavy atom. The summed E-state index contributed by atoms with van der Waals surface area (Å²) in [6, 6.07) is 1.90. The van der Waals surface area contributed by atoms with Crippen LogP contribution in [0.1, 0.15) is 6.92 Å². The lowest BCUT2D eigenvalue weighted by Crippen LogP contribution is -2.39. The zero-order valence-electron chi connectivity index (χ0n) is 16.3. The molecular formula is C19H12ClF6N3O4. The van der Waals surface area contributed by atoms with Gasteiger partial charge in [0.15, 0.2) is 23.0 Å². The van der Waals surface area contributed by atoms with Crippen LogP contribution in [0.5, 0.6) is 5.75 Å². The molecule has 2 heterocycles. The Hall–Kier alpha value is -3.32. The van der Waals surface area contributed by atoms with Crippen LogP contribution < -0.4 is 15.5 Å². The highest BCUT2D eigenvalue weighted by Crippen LogP contribution is 2.25. The number of carbonyl (C=O) groups excluding carboxylic acids is 1. The minimum absolute atomic E-state index is 0.150. The molecule has 3 rings (SSSR count). The molecule has 3 aromatic rings. The maximum absolute atomic E-state index is 14.4. The van der Waals surface area contributed by atoms with Crippen molar-refractivity contribution in [3.63, 3.8) is 0 Å². The fraction of sp³-hybridized carbons (Fsp3) is 0.211. The number of ether oxygens (including phenoxy) is 2. The average molecular weight is 496 g/mol. The van der Waals surface area contributed by atoms with Crippen LogP contribution in [0.25, 0.3) is 16.7 Å². The molecule has 0 fully saturated rings. The van der Waals surface area contributed by atoms with Crippen LogP contribution in [0.3, 0.4) is 0 Å². The fourth-order valence-corrected chi connectivity index (χ4v) is 2.90. The predicted octanol–water partition coefficient (Wildman–Crippen LogP) is 4.47. The molecular weight excluding hydrogens is 484 g/mol. The van der Waals surface area contributed by atoms with Gasteiger partial charge in [0.2, 0.25) is 5.43 Å². The van der Waals surface area contributed by atoms with Gasteiger partial charge in [-0.15, -0.1) is 13.2 Å². The molecule has 0 aliphatic heterocycles. The Labute approximate surface area is 185 Å². The van der Waals surface area contributed by atoms with Gasteiger partial charge >= 0.3 is 12.5 Å². The first-order valence-electron chi connectivity index (χ1n) is 8.91. The van der Waals surface area contributed by atoms with Gasteiger partial charge in [-0.05, 0) is 19.1 Å². The van der Waals surface area contributed by atoms with E-state index in [1.807, 2.05) is 5.32 Å². The third-order valence-corrected chi connectivity index (χ3v) is 4.28. The van der Waals surface area contributed by atoms with Crippen LogP contribution in [-0.4, -0.2) is 34.7 Å². The van der Waals surface area contributed by atoms with Crippen LogP contribution >= 0.6 is 11.6 Å². The van der Waals surface area contributed by atoms with Crippen molar-refractivity contribution in [1.29, 1.82) is 0 Å². The normalized spacial score (nSPS) is 12.6. The van der Waals surface area contributed by atoms with Gasteiger partial charge in [-0.2, -0.15) is 0 Å². The van der Waals surface area contributed by atoms with E-state index in [4.69, 9.17) is 16.3 Å². The fourth-order valence-electron chi connectivity index (χ4n) is 2.76. The molecule has 0 bridgehead atoms. The van der Waals surface area contributed by atoms with E-state index >= 15 is 0 Å². The summed E-state index contributed by atoms with van der Waals surface area (Å²) in [6.07, 6.45) is -5.56. The molecule has 0 unspecified atom stereocenters. The average Bonchev–Trinajstić information content (AvgIpc) is 2.68. The summed E-state index contributed by atoms with van der Waals surface area (Å²) in [7, 11) is 0. The lowest BCUT2D eigenvalue weighted by Gasteiger charge is -2.17. The molecule has 1 aromatic carbocycles. The van der Waals surface area contributed by atoms with E-state index in [0.717, 1.165) is 6.07 Å². The standard InChI is InChI=1S/C19H12ClF6N3O4/c1-8(7-32-19(24,25)26)27-18(31)33-13-6-29(15-11(22)4-9(21)5-12(15)23)17-10(16(13)30)2-3-14(20)28-17/h2-6,8H,7H2,1H3,(H,27,31)/t8-/m0/s1. The topological polar surface area (TPSA) is 82.4 Å². The van der Waals surface area contributed by atoms with E-state index in [9.17, 15) is 35.9 Å². The lowest BCUT2D eigenvalue weighted by molar-refractivity contribution is -0.325. The lowest BCUT2D eigenvalue weighted by atomic mass is 10.2. The van der Waals surface area contributed by atoms with Crippen molar-refractivity contribution in [2.45, 2.75) is 19.3 Å². The van der Waals surface area contributed by atoms with Crippen molar-refractivity contribution in [2.75, 3.05) is 6.61 Å². The second kappa shape index (κ2) is 9.27. The van der Waals surface area contributed by atoms with Crippen LogP contribution in [0.15, 0.2) is 35.3 Å². The molecule has 0 aliphatic rings. The first kappa shape index (κ1) is 24.3. The number of nitrogens with zero attached hydrogens (tertiary/aromatic N) is 2. The molecule has 14 heteroatoms. The Balaban J connectivity index is 2.02. The highest BCUT2D eigenvalue weighted by molar-refractivity contribution is 6.29. The summed E-state index contributed by atoms with van der Waals surface area (Å²) in [6.45, 7) is 0.218. The third-order valence-electron chi connectivity index (χ3n) is 4.07. The molecule has 1 N–H and O–H groups in total. The quantitative estimate of drug-likeness (QED) is 0.417. The van der Waals surface area contributed by atoms with Crippen molar-refractivity contribution in [2.24, 2.45) is 0 Å². The number of amides is 1. The molecule has 0 saturated heterocycles. The van der Waals surface area contributed by atoms with E-state index in [-0.39, 0.29) is 16.2 Å². The second-order valence-electron chi connectivity index (χ2n) is 6.61. The molecule has 7 nitrogen and oxygen atoms in total. The largest absolute Gasteiger partial charge is 0.522 e. The van der Waals surface area contributed by atoms with Crippen molar-refractivity contribution in [3.05, 3.63) is 63.3 Å². The van der Waals surface area contributed by atoms with Gasteiger partial charge in [0, 0.05) is 12.1 Å². The zero-order chi connectivity index (χ0) is 24.5. The smallest absolute Gasteiger partial charge is 0.405 e. The molecule has 1 amide bonds. The van der Waals surface area contributed by atoms with Crippen LogP contribution in [0.2, 0.25) is 5.15 Å². The molecule has 0 radical (unpaired) electrons. The minimum Gasteiger partial charge on any atom is -0.405 e. The Kier molecular flexibility index (Phi) is 6.84.